The van der Waals surface area contributed by atoms with Gasteiger partial charge in [-0.05, 0) is 77.9 Å². The Labute approximate surface area is 263 Å². The summed E-state index contributed by atoms with van der Waals surface area (Å²) in [5.41, 5.74) is 10.5. The van der Waals surface area contributed by atoms with Crippen molar-refractivity contribution < 1.29 is 13.3 Å². The first-order valence-electron chi connectivity index (χ1n) is 15.4. The van der Waals surface area contributed by atoms with Gasteiger partial charge in [0.25, 0.3) is 0 Å². The van der Waals surface area contributed by atoms with Gasteiger partial charge in [-0.2, -0.15) is 0 Å². The molecule has 3 heterocycles. The first kappa shape index (κ1) is 25.1. The maximum atomic E-state index is 6.60. The number of fused-ring (bicyclic) bond motifs is 9. The van der Waals surface area contributed by atoms with Crippen LogP contribution in [-0.4, -0.2) is 0 Å². The molecule has 10 rings (SSSR count). The number of anilines is 3. The van der Waals surface area contributed by atoms with Crippen LogP contribution >= 0.6 is 0 Å². The lowest BCUT2D eigenvalue weighted by molar-refractivity contribution is 0.668. The van der Waals surface area contributed by atoms with Crippen molar-refractivity contribution in [1.82, 2.24) is 0 Å². The third-order valence-electron chi connectivity index (χ3n) is 9.06. The Morgan fingerprint density at radius 2 is 0.848 bits per heavy atom. The number of para-hydroxylation sites is 3. The van der Waals surface area contributed by atoms with E-state index in [2.05, 4.69) is 114 Å². The molecule has 4 nitrogen and oxygen atoms in total. The number of benzene rings is 7. The van der Waals surface area contributed by atoms with Gasteiger partial charge in [-0.3, -0.25) is 0 Å². The van der Waals surface area contributed by atoms with E-state index in [1.807, 2.05) is 42.5 Å². The molecule has 7 aromatic carbocycles. The molecule has 216 valence electrons. The highest BCUT2D eigenvalue weighted by Crippen LogP contribution is 2.42. The maximum absolute atomic E-state index is 6.60. The number of hydrogen-bond donors (Lipinski definition) is 0. The molecule has 10 aromatic rings. The fourth-order valence-electron chi connectivity index (χ4n) is 6.97. The van der Waals surface area contributed by atoms with Crippen molar-refractivity contribution in [1.29, 1.82) is 0 Å². The van der Waals surface area contributed by atoms with E-state index in [-0.39, 0.29) is 0 Å². The molecule has 46 heavy (non-hydrogen) atoms. The highest BCUT2D eigenvalue weighted by atomic mass is 16.3. The van der Waals surface area contributed by atoms with Gasteiger partial charge in [0.15, 0.2) is 0 Å². The van der Waals surface area contributed by atoms with E-state index < -0.39 is 0 Å². The van der Waals surface area contributed by atoms with Gasteiger partial charge in [0.05, 0.1) is 0 Å². The molecule has 0 saturated heterocycles. The molecule has 0 N–H and O–H groups in total. The lowest BCUT2D eigenvalue weighted by atomic mass is 9.98. The van der Waals surface area contributed by atoms with Crippen molar-refractivity contribution in [2.45, 2.75) is 0 Å². The van der Waals surface area contributed by atoms with Gasteiger partial charge >= 0.3 is 0 Å². The minimum Gasteiger partial charge on any atom is -0.456 e. The third-order valence-corrected chi connectivity index (χ3v) is 9.06. The van der Waals surface area contributed by atoms with E-state index in [0.717, 1.165) is 94.0 Å². The largest absolute Gasteiger partial charge is 0.456 e. The van der Waals surface area contributed by atoms with Crippen molar-refractivity contribution >= 4 is 82.9 Å². The minimum absolute atomic E-state index is 0.836. The molecule has 3 aromatic heterocycles. The zero-order valence-corrected chi connectivity index (χ0v) is 24.6. The Balaban J connectivity index is 1.12. The predicted octanol–water partition coefficient (Wildman–Crippen LogP) is 12.5. The number of furan rings is 3. The fraction of sp³-hybridized carbons (Fsp3) is 0. The molecule has 0 unspecified atom stereocenters. The molecule has 0 aliphatic rings. The Bertz CT molecular complexity index is 2760. The lowest BCUT2D eigenvalue weighted by Crippen LogP contribution is -2.09. The normalized spacial score (nSPS) is 11.9. The smallest absolute Gasteiger partial charge is 0.137 e. The average Bonchev–Trinajstić information content (AvgIpc) is 3.79. The van der Waals surface area contributed by atoms with Gasteiger partial charge in [-0.15, -0.1) is 0 Å². The van der Waals surface area contributed by atoms with E-state index in [9.17, 15) is 0 Å². The summed E-state index contributed by atoms with van der Waals surface area (Å²) in [4.78, 5) is 2.25. The molecule has 0 amide bonds. The highest BCUT2D eigenvalue weighted by molar-refractivity contribution is 6.14. The Morgan fingerprint density at radius 3 is 1.59 bits per heavy atom. The SMILES string of the molecule is c1ccc(N(c2ccc3c(c2)oc2ccccc23)c2ccc3c(c2)oc2cc(-c4cccc5oc6ccccc6c45)ccc23)cc1. The van der Waals surface area contributed by atoms with Gasteiger partial charge < -0.3 is 18.2 Å². The van der Waals surface area contributed by atoms with Gasteiger partial charge in [-0.25, -0.2) is 0 Å². The molecule has 0 radical (unpaired) electrons. The monoisotopic (exact) mass is 591 g/mol. The van der Waals surface area contributed by atoms with Crippen molar-refractivity contribution in [3.05, 3.63) is 152 Å². The Hall–Kier alpha value is -6.26. The number of rotatable bonds is 4. The second-order valence-electron chi connectivity index (χ2n) is 11.7. The molecular formula is C42H25NO3. The molecular weight excluding hydrogens is 566 g/mol. The summed E-state index contributed by atoms with van der Waals surface area (Å²) in [5.74, 6) is 0. The van der Waals surface area contributed by atoms with Crippen molar-refractivity contribution in [2.24, 2.45) is 0 Å². The van der Waals surface area contributed by atoms with Crippen LogP contribution in [0.15, 0.2) is 165 Å². The summed E-state index contributed by atoms with van der Waals surface area (Å²) in [6.45, 7) is 0. The molecule has 0 saturated carbocycles. The Kier molecular flexibility index (Phi) is 5.25. The summed E-state index contributed by atoms with van der Waals surface area (Å²) in [7, 11) is 0. The van der Waals surface area contributed by atoms with E-state index in [1.165, 1.54) is 0 Å². The predicted molar refractivity (Wildman–Crippen MR) is 188 cm³/mol. The van der Waals surface area contributed by atoms with Crippen LogP contribution in [0.5, 0.6) is 0 Å². The van der Waals surface area contributed by atoms with Crippen molar-refractivity contribution in [3.63, 3.8) is 0 Å². The van der Waals surface area contributed by atoms with Crippen LogP contribution in [0.3, 0.4) is 0 Å². The Morgan fingerprint density at radius 1 is 0.326 bits per heavy atom. The zero-order chi connectivity index (χ0) is 30.2. The van der Waals surface area contributed by atoms with Gasteiger partial charge in [0, 0.05) is 61.5 Å². The molecule has 0 fully saturated rings. The van der Waals surface area contributed by atoms with Crippen LogP contribution in [0.1, 0.15) is 0 Å². The molecule has 0 spiro atoms. The summed E-state index contributed by atoms with van der Waals surface area (Å²) >= 11 is 0. The second-order valence-corrected chi connectivity index (χ2v) is 11.7. The first-order chi connectivity index (χ1) is 22.8. The lowest BCUT2D eigenvalue weighted by Gasteiger charge is -2.25. The van der Waals surface area contributed by atoms with Gasteiger partial charge in [0.1, 0.15) is 33.5 Å². The van der Waals surface area contributed by atoms with Crippen LogP contribution < -0.4 is 4.90 Å². The van der Waals surface area contributed by atoms with E-state index in [0.29, 0.717) is 0 Å². The standard InChI is InChI=1S/C42H25NO3/c1-2-9-27(10-3-1)43(28-18-21-33-31-11-4-6-14-36(31)45-40(33)24-28)29-19-22-34-32-20-17-26(23-39(32)46-41(34)25-29)30-13-8-16-38-42(30)35-12-5-7-15-37(35)44-38/h1-25H. The van der Waals surface area contributed by atoms with Crippen molar-refractivity contribution in [2.75, 3.05) is 4.90 Å². The maximum Gasteiger partial charge on any atom is 0.137 e. The van der Waals surface area contributed by atoms with E-state index in [4.69, 9.17) is 13.3 Å². The number of nitrogens with zero attached hydrogens (tertiary/aromatic N) is 1. The minimum atomic E-state index is 0.836. The first-order valence-corrected chi connectivity index (χ1v) is 15.4. The molecule has 0 atom stereocenters. The summed E-state index contributed by atoms with van der Waals surface area (Å²) < 4.78 is 19.0. The van der Waals surface area contributed by atoms with E-state index in [1.54, 1.807) is 0 Å². The van der Waals surface area contributed by atoms with Crippen LogP contribution in [0.2, 0.25) is 0 Å². The van der Waals surface area contributed by atoms with Crippen molar-refractivity contribution in [3.8, 4) is 11.1 Å². The fourth-order valence-corrected chi connectivity index (χ4v) is 6.97. The molecule has 0 aliphatic heterocycles. The highest BCUT2D eigenvalue weighted by Gasteiger charge is 2.18. The van der Waals surface area contributed by atoms with Crippen LogP contribution in [0.4, 0.5) is 17.1 Å². The van der Waals surface area contributed by atoms with Gasteiger partial charge in [0.2, 0.25) is 0 Å². The number of hydrogen-bond acceptors (Lipinski definition) is 4. The van der Waals surface area contributed by atoms with Crippen LogP contribution in [0, 0.1) is 0 Å². The molecule has 0 bridgehead atoms. The average molecular weight is 592 g/mol. The van der Waals surface area contributed by atoms with E-state index >= 15 is 0 Å². The summed E-state index contributed by atoms with van der Waals surface area (Å²) in [6.07, 6.45) is 0. The third kappa shape index (κ3) is 3.74. The quantitative estimate of drug-likeness (QED) is 0.204. The topological polar surface area (TPSA) is 42.7 Å². The molecule has 4 heteroatoms. The summed E-state index contributed by atoms with van der Waals surface area (Å²) in [5, 5.41) is 6.63. The zero-order valence-electron chi connectivity index (χ0n) is 24.6. The second kappa shape index (κ2) is 9.62. The molecule has 0 aliphatic carbocycles. The summed E-state index contributed by atoms with van der Waals surface area (Å²) in [6, 6.07) is 52.4. The van der Waals surface area contributed by atoms with Gasteiger partial charge in [-0.1, -0.05) is 72.8 Å². The van der Waals surface area contributed by atoms with Crippen LogP contribution in [0.25, 0.3) is 76.9 Å². The van der Waals surface area contributed by atoms with Crippen LogP contribution in [-0.2, 0) is 0 Å².